The van der Waals surface area contributed by atoms with Crippen LogP contribution in [0.5, 0.6) is 0 Å². The molecule has 5 rings (SSSR count). The van der Waals surface area contributed by atoms with E-state index in [1.165, 1.54) is 22.1 Å². The predicted octanol–water partition coefficient (Wildman–Crippen LogP) is 5.63. The Bertz CT molecular complexity index is 1290. The minimum Gasteiger partial charge on any atom is -0.382 e. The number of benzene rings is 2. The molecular formula is C28H28N4O. The van der Waals surface area contributed by atoms with Gasteiger partial charge in [-0.25, -0.2) is 0 Å². The maximum atomic E-state index is 12.8. The quantitative estimate of drug-likeness (QED) is 0.450. The number of anilines is 1. The van der Waals surface area contributed by atoms with E-state index in [0.29, 0.717) is 11.6 Å². The van der Waals surface area contributed by atoms with Gasteiger partial charge in [-0.2, -0.15) is 0 Å². The number of nitrogens with zero attached hydrogens (tertiary/aromatic N) is 3. The molecule has 0 bridgehead atoms. The second-order valence-corrected chi connectivity index (χ2v) is 8.89. The molecular weight excluding hydrogens is 408 g/mol. The first-order chi connectivity index (χ1) is 16.1. The number of carbonyl (C=O) groups is 1. The third-order valence-corrected chi connectivity index (χ3v) is 6.41. The Balaban J connectivity index is 1.34. The van der Waals surface area contributed by atoms with E-state index in [-0.39, 0.29) is 5.91 Å². The van der Waals surface area contributed by atoms with Gasteiger partial charge in [-0.3, -0.25) is 14.8 Å². The van der Waals surface area contributed by atoms with Gasteiger partial charge in [0.2, 0.25) is 0 Å². The average Bonchev–Trinajstić information content (AvgIpc) is 2.84. The number of hydrogen-bond donors (Lipinski definition) is 1. The van der Waals surface area contributed by atoms with E-state index in [4.69, 9.17) is 0 Å². The number of nitrogens with one attached hydrogen (secondary N) is 1. The summed E-state index contributed by atoms with van der Waals surface area (Å²) in [5.41, 5.74) is 6.34. The number of carbonyl (C=O) groups excluding carboxylic acids is 1. The van der Waals surface area contributed by atoms with Crippen molar-refractivity contribution in [1.29, 1.82) is 0 Å². The minimum atomic E-state index is 0.0667. The largest absolute Gasteiger partial charge is 0.382 e. The van der Waals surface area contributed by atoms with E-state index >= 15 is 0 Å². The first-order valence-electron chi connectivity index (χ1n) is 11.5. The number of hydrogen-bond acceptors (Lipinski definition) is 4. The molecule has 2 aromatic carbocycles. The summed E-state index contributed by atoms with van der Waals surface area (Å²) in [6, 6.07) is 19.2. The van der Waals surface area contributed by atoms with E-state index in [9.17, 15) is 4.79 Å². The molecule has 0 spiro atoms. The van der Waals surface area contributed by atoms with Crippen molar-refractivity contribution in [2.75, 3.05) is 18.4 Å². The van der Waals surface area contributed by atoms with Gasteiger partial charge in [-0.15, -0.1) is 0 Å². The van der Waals surface area contributed by atoms with Gasteiger partial charge in [0.05, 0.1) is 5.56 Å². The Morgan fingerprint density at radius 3 is 2.58 bits per heavy atom. The van der Waals surface area contributed by atoms with Crippen LogP contribution >= 0.6 is 0 Å². The van der Waals surface area contributed by atoms with Crippen molar-refractivity contribution >= 4 is 22.4 Å². The molecule has 5 heteroatoms. The zero-order valence-electron chi connectivity index (χ0n) is 19.1. The molecule has 0 radical (unpaired) electrons. The summed E-state index contributed by atoms with van der Waals surface area (Å²) in [7, 11) is 0. The summed E-state index contributed by atoms with van der Waals surface area (Å²) >= 11 is 0. The third kappa shape index (κ3) is 4.58. The van der Waals surface area contributed by atoms with Gasteiger partial charge < -0.3 is 10.2 Å². The number of piperidine rings is 1. The van der Waals surface area contributed by atoms with Gasteiger partial charge in [0.1, 0.15) is 0 Å². The lowest BCUT2D eigenvalue weighted by atomic mass is 9.98. The molecule has 1 N–H and O–H groups in total. The van der Waals surface area contributed by atoms with E-state index in [1.54, 1.807) is 6.20 Å². The van der Waals surface area contributed by atoms with Gasteiger partial charge in [0.15, 0.2) is 0 Å². The van der Waals surface area contributed by atoms with Crippen molar-refractivity contribution in [3.63, 3.8) is 0 Å². The summed E-state index contributed by atoms with van der Waals surface area (Å²) in [5.74, 6) is 0.0667. The fourth-order valence-electron chi connectivity index (χ4n) is 4.53. The molecule has 0 unspecified atom stereocenters. The SMILES string of the molecule is Cc1cccc(-c2cc(NC3CCN(C(=O)c4ccc(C)nc4)CC3)c3cnccc3c2)c1. The molecule has 0 aliphatic carbocycles. The molecule has 33 heavy (non-hydrogen) atoms. The molecule has 1 aliphatic heterocycles. The molecule has 1 aliphatic rings. The van der Waals surface area contributed by atoms with Gasteiger partial charge >= 0.3 is 0 Å². The van der Waals surface area contributed by atoms with Crippen LogP contribution in [0.2, 0.25) is 0 Å². The number of pyridine rings is 2. The van der Waals surface area contributed by atoms with Gasteiger partial charge in [0, 0.05) is 54.5 Å². The second kappa shape index (κ2) is 9.02. The predicted molar refractivity (Wildman–Crippen MR) is 133 cm³/mol. The lowest BCUT2D eigenvalue weighted by molar-refractivity contribution is 0.0718. The minimum absolute atomic E-state index is 0.0667. The van der Waals surface area contributed by atoms with Crippen LogP contribution in [0.25, 0.3) is 21.9 Å². The summed E-state index contributed by atoms with van der Waals surface area (Å²) in [6.07, 6.45) is 7.26. The molecule has 1 amide bonds. The van der Waals surface area contributed by atoms with Crippen LogP contribution in [0.15, 0.2) is 73.2 Å². The maximum Gasteiger partial charge on any atom is 0.255 e. The zero-order valence-corrected chi connectivity index (χ0v) is 19.1. The Kier molecular flexibility index (Phi) is 5.78. The van der Waals surface area contributed by atoms with Crippen LogP contribution in [0.3, 0.4) is 0 Å². The molecule has 5 nitrogen and oxygen atoms in total. The second-order valence-electron chi connectivity index (χ2n) is 8.89. The lowest BCUT2D eigenvalue weighted by Crippen LogP contribution is -2.42. The van der Waals surface area contributed by atoms with Crippen LogP contribution in [-0.2, 0) is 0 Å². The van der Waals surface area contributed by atoms with E-state index in [1.807, 2.05) is 36.4 Å². The Hall–Kier alpha value is -3.73. The van der Waals surface area contributed by atoms with Crippen molar-refractivity contribution < 1.29 is 4.79 Å². The summed E-state index contributed by atoms with van der Waals surface area (Å²) in [5, 5.41) is 6.06. The van der Waals surface area contributed by atoms with Crippen LogP contribution in [-0.4, -0.2) is 39.9 Å². The molecule has 1 fully saturated rings. The number of fused-ring (bicyclic) bond motifs is 1. The van der Waals surface area contributed by atoms with Crippen molar-refractivity contribution in [3.8, 4) is 11.1 Å². The topological polar surface area (TPSA) is 58.1 Å². The fourth-order valence-corrected chi connectivity index (χ4v) is 4.53. The molecule has 0 atom stereocenters. The highest BCUT2D eigenvalue weighted by Gasteiger charge is 2.24. The van der Waals surface area contributed by atoms with E-state index in [0.717, 1.165) is 42.7 Å². The lowest BCUT2D eigenvalue weighted by Gasteiger charge is -2.33. The molecule has 4 aromatic rings. The van der Waals surface area contributed by atoms with Crippen molar-refractivity contribution in [1.82, 2.24) is 14.9 Å². The zero-order chi connectivity index (χ0) is 22.8. The van der Waals surface area contributed by atoms with Gasteiger partial charge in [-0.05, 0) is 73.5 Å². The van der Waals surface area contributed by atoms with Gasteiger partial charge in [0.25, 0.3) is 5.91 Å². The van der Waals surface area contributed by atoms with Crippen molar-refractivity contribution in [2.24, 2.45) is 0 Å². The Labute approximate surface area is 194 Å². The van der Waals surface area contributed by atoms with Gasteiger partial charge in [-0.1, -0.05) is 29.8 Å². The molecule has 2 aromatic heterocycles. The van der Waals surface area contributed by atoms with Crippen LogP contribution in [0.1, 0.15) is 34.5 Å². The molecule has 1 saturated heterocycles. The average molecular weight is 437 g/mol. The first kappa shape index (κ1) is 21.1. The third-order valence-electron chi connectivity index (χ3n) is 6.41. The van der Waals surface area contributed by atoms with Crippen molar-refractivity contribution in [2.45, 2.75) is 32.7 Å². The summed E-state index contributed by atoms with van der Waals surface area (Å²) in [6.45, 7) is 5.52. The van der Waals surface area contributed by atoms with E-state index < -0.39 is 0 Å². The normalized spacial score (nSPS) is 14.4. The highest BCUT2D eigenvalue weighted by molar-refractivity contribution is 5.97. The number of aryl methyl sites for hydroxylation is 2. The highest BCUT2D eigenvalue weighted by Crippen LogP contribution is 2.32. The fraction of sp³-hybridized carbons (Fsp3) is 0.250. The van der Waals surface area contributed by atoms with Crippen LogP contribution < -0.4 is 5.32 Å². The maximum absolute atomic E-state index is 12.8. The Morgan fingerprint density at radius 1 is 0.970 bits per heavy atom. The summed E-state index contributed by atoms with van der Waals surface area (Å²) < 4.78 is 0. The highest BCUT2D eigenvalue weighted by atomic mass is 16.2. The number of rotatable bonds is 4. The first-order valence-corrected chi connectivity index (χ1v) is 11.5. The molecule has 3 heterocycles. The Morgan fingerprint density at radius 2 is 1.82 bits per heavy atom. The summed E-state index contributed by atoms with van der Waals surface area (Å²) in [4.78, 5) is 23.4. The molecule has 0 saturated carbocycles. The molecule has 166 valence electrons. The van der Waals surface area contributed by atoms with Crippen LogP contribution in [0.4, 0.5) is 5.69 Å². The number of amides is 1. The smallest absolute Gasteiger partial charge is 0.255 e. The van der Waals surface area contributed by atoms with E-state index in [2.05, 4.69) is 64.7 Å². The number of likely N-dealkylation sites (tertiary alicyclic amines) is 1. The van der Waals surface area contributed by atoms with Crippen molar-refractivity contribution in [3.05, 3.63) is 90.0 Å². The monoisotopic (exact) mass is 436 g/mol. The number of aromatic nitrogens is 2. The van der Waals surface area contributed by atoms with Crippen LogP contribution in [0, 0.1) is 13.8 Å². The standard InChI is InChI=1S/C28H28N4O/c1-19-4-3-5-21(14-19)24-15-22-8-11-29-18-26(22)27(16-24)31-25-9-12-32(13-10-25)28(33)23-7-6-20(2)30-17-23/h3-8,11,14-18,25,31H,9-10,12-13H2,1-2H3.